The van der Waals surface area contributed by atoms with Crippen molar-refractivity contribution in [2.24, 2.45) is 11.7 Å². The maximum absolute atomic E-state index is 13.3. The first-order valence-electron chi connectivity index (χ1n) is 12.8. The molecule has 2 amide bonds. The molecule has 1 saturated heterocycles. The Morgan fingerprint density at radius 1 is 1.21 bits per heavy atom. The number of ether oxygens (including phenoxy) is 1. The van der Waals surface area contributed by atoms with E-state index in [0.29, 0.717) is 25.0 Å². The second-order valence-corrected chi connectivity index (χ2v) is 11.2. The molecular weight excluding hydrogens is 524 g/mol. The lowest BCUT2D eigenvalue weighted by atomic mass is 9.98. The number of carbonyl (C=O) groups is 3. The number of likely N-dealkylation sites (tertiary alicyclic amines) is 1. The van der Waals surface area contributed by atoms with Crippen LogP contribution in [0.3, 0.4) is 0 Å². The minimum atomic E-state index is -4.20. The van der Waals surface area contributed by atoms with Crippen LogP contribution in [0.1, 0.15) is 26.2 Å². The summed E-state index contributed by atoms with van der Waals surface area (Å²) in [6.45, 7) is 2.86. The Morgan fingerprint density at radius 3 is 2.62 bits per heavy atom. The molecule has 2 atom stereocenters. The smallest absolute Gasteiger partial charge is 0.325 e. The van der Waals surface area contributed by atoms with Gasteiger partial charge in [-0.1, -0.05) is 30.3 Å². The molecule has 0 aliphatic carbocycles. The minimum Gasteiger partial charge on any atom is -0.465 e. The second kappa shape index (κ2) is 13.4. The van der Waals surface area contributed by atoms with Crippen LogP contribution >= 0.6 is 0 Å². The fourth-order valence-electron chi connectivity index (χ4n) is 4.48. The van der Waals surface area contributed by atoms with Crippen LogP contribution in [0.4, 0.5) is 0 Å². The number of carbonyl (C=O) groups excluding carboxylic acids is 3. The van der Waals surface area contributed by atoms with Crippen LogP contribution < -0.4 is 15.8 Å². The first-order valence-corrected chi connectivity index (χ1v) is 14.3. The Bertz CT molecular complexity index is 1320. The third-order valence-corrected chi connectivity index (χ3v) is 7.98. The number of nitrogens with one attached hydrogen (secondary N) is 3. The summed E-state index contributed by atoms with van der Waals surface area (Å²) in [7, 11) is -2.86. The van der Waals surface area contributed by atoms with E-state index in [1.807, 2.05) is 12.1 Å². The van der Waals surface area contributed by atoms with Crippen LogP contribution in [0.5, 0.6) is 0 Å². The van der Waals surface area contributed by atoms with Crippen molar-refractivity contribution in [2.45, 2.75) is 37.1 Å². The molecule has 0 aromatic heterocycles. The molecule has 0 radical (unpaired) electrons. The molecule has 0 bridgehead atoms. The molecule has 2 aromatic carbocycles. The number of nitrogens with zero attached hydrogens (tertiary/aromatic N) is 2. The lowest BCUT2D eigenvalue weighted by molar-refractivity contribution is -0.148. The van der Waals surface area contributed by atoms with E-state index >= 15 is 0 Å². The zero-order valence-corrected chi connectivity index (χ0v) is 23.0. The molecule has 2 aromatic rings. The molecule has 1 aliphatic heterocycles. The number of sulfonamides is 1. The molecular formula is C26H36N6O6S. The van der Waals surface area contributed by atoms with Crippen LogP contribution in [0, 0.1) is 11.3 Å². The highest BCUT2D eigenvalue weighted by Crippen LogP contribution is 2.20. The van der Waals surface area contributed by atoms with Crippen LogP contribution in [0.25, 0.3) is 10.8 Å². The van der Waals surface area contributed by atoms with Gasteiger partial charge in [-0.3, -0.25) is 19.8 Å². The first-order chi connectivity index (χ1) is 18.5. The van der Waals surface area contributed by atoms with Crippen molar-refractivity contribution in [3.05, 3.63) is 42.5 Å². The van der Waals surface area contributed by atoms with E-state index in [-0.39, 0.29) is 23.4 Å². The van der Waals surface area contributed by atoms with Gasteiger partial charge in [0.25, 0.3) is 0 Å². The minimum absolute atomic E-state index is 0.0237. The average molecular weight is 561 g/mol. The summed E-state index contributed by atoms with van der Waals surface area (Å²) in [5, 5.41) is 11.9. The number of esters is 1. The SMILES string of the molecule is CCOC(=O)CN(C)C(=O)[C@H](CC(=O)NC[C@@H]1CCCN(C(=N)N)C1)NS(=O)(=O)c1ccc2ccccc2c1. The van der Waals surface area contributed by atoms with Gasteiger partial charge >= 0.3 is 5.97 Å². The van der Waals surface area contributed by atoms with E-state index in [2.05, 4.69) is 10.0 Å². The van der Waals surface area contributed by atoms with Crippen LogP contribution in [0.2, 0.25) is 0 Å². The van der Waals surface area contributed by atoms with Gasteiger partial charge in [-0.15, -0.1) is 0 Å². The van der Waals surface area contributed by atoms with Crippen molar-refractivity contribution in [1.82, 2.24) is 19.8 Å². The van der Waals surface area contributed by atoms with Gasteiger partial charge in [0.15, 0.2) is 5.96 Å². The predicted octanol–water partition coefficient (Wildman–Crippen LogP) is 0.620. The number of amides is 2. The lowest BCUT2D eigenvalue weighted by Crippen LogP contribution is -2.51. The summed E-state index contributed by atoms with van der Waals surface area (Å²) in [5.74, 6) is -1.89. The number of guanidine groups is 1. The predicted molar refractivity (Wildman–Crippen MR) is 146 cm³/mol. The Morgan fingerprint density at radius 2 is 1.92 bits per heavy atom. The molecule has 1 fully saturated rings. The number of likely N-dealkylation sites (N-methyl/N-ethyl adjacent to an activating group) is 1. The van der Waals surface area contributed by atoms with Crippen LogP contribution in [-0.4, -0.2) is 87.8 Å². The fourth-order valence-corrected chi connectivity index (χ4v) is 5.70. The third kappa shape index (κ3) is 8.39. The third-order valence-electron chi connectivity index (χ3n) is 6.51. The lowest BCUT2D eigenvalue weighted by Gasteiger charge is -2.33. The number of fused-ring (bicyclic) bond motifs is 1. The summed E-state index contributed by atoms with van der Waals surface area (Å²) < 4.78 is 33.8. The van der Waals surface area contributed by atoms with E-state index < -0.39 is 46.8 Å². The number of rotatable bonds is 11. The molecule has 13 heteroatoms. The van der Waals surface area contributed by atoms with Crippen LogP contribution in [0.15, 0.2) is 47.4 Å². The van der Waals surface area contributed by atoms with Crippen LogP contribution in [-0.2, 0) is 29.1 Å². The molecule has 3 rings (SSSR count). The van der Waals surface area contributed by atoms with Crippen molar-refractivity contribution >= 4 is 44.5 Å². The number of nitrogens with two attached hydrogens (primary N) is 1. The summed E-state index contributed by atoms with van der Waals surface area (Å²) in [6, 6.07) is 10.4. The van der Waals surface area contributed by atoms with E-state index in [4.69, 9.17) is 15.9 Å². The number of hydrogen-bond acceptors (Lipinski definition) is 7. The maximum Gasteiger partial charge on any atom is 0.325 e. The van der Waals surface area contributed by atoms with Gasteiger partial charge < -0.3 is 25.6 Å². The van der Waals surface area contributed by atoms with Crippen molar-refractivity contribution in [1.29, 1.82) is 5.41 Å². The molecule has 12 nitrogen and oxygen atoms in total. The quantitative estimate of drug-likeness (QED) is 0.176. The topological polar surface area (TPSA) is 175 Å². The van der Waals surface area contributed by atoms with Crippen molar-refractivity contribution < 1.29 is 27.5 Å². The number of hydrogen-bond donors (Lipinski definition) is 4. The molecule has 1 aliphatic rings. The molecule has 5 N–H and O–H groups in total. The zero-order valence-electron chi connectivity index (χ0n) is 22.2. The number of piperidine rings is 1. The molecule has 1 heterocycles. The maximum atomic E-state index is 13.3. The Hall–Kier alpha value is -3.71. The molecule has 0 unspecified atom stereocenters. The average Bonchev–Trinajstić information content (AvgIpc) is 2.91. The molecule has 212 valence electrons. The van der Waals surface area contributed by atoms with Gasteiger partial charge in [-0.05, 0) is 48.6 Å². The van der Waals surface area contributed by atoms with E-state index in [1.165, 1.54) is 19.2 Å². The van der Waals surface area contributed by atoms with Crippen molar-refractivity contribution in [2.75, 3.05) is 39.8 Å². The highest BCUT2D eigenvalue weighted by molar-refractivity contribution is 7.89. The summed E-state index contributed by atoms with van der Waals surface area (Å²) in [6.07, 6.45) is 1.19. The highest BCUT2D eigenvalue weighted by Gasteiger charge is 2.31. The van der Waals surface area contributed by atoms with Gasteiger partial charge in [0, 0.05) is 26.7 Å². The summed E-state index contributed by atoms with van der Waals surface area (Å²) >= 11 is 0. The van der Waals surface area contributed by atoms with Crippen molar-refractivity contribution in [3.8, 4) is 0 Å². The van der Waals surface area contributed by atoms with Gasteiger partial charge in [0.1, 0.15) is 12.6 Å². The molecule has 39 heavy (non-hydrogen) atoms. The van der Waals surface area contributed by atoms with Crippen molar-refractivity contribution in [3.63, 3.8) is 0 Å². The monoisotopic (exact) mass is 560 g/mol. The molecule has 0 spiro atoms. The second-order valence-electron chi connectivity index (χ2n) is 9.53. The summed E-state index contributed by atoms with van der Waals surface area (Å²) in [4.78, 5) is 40.7. The Kier molecular flexibility index (Phi) is 10.2. The van der Waals surface area contributed by atoms with E-state index in [0.717, 1.165) is 23.1 Å². The zero-order chi connectivity index (χ0) is 28.6. The fraction of sp³-hybridized carbons (Fsp3) is 0.462. The van der Waals surface area contributed by atoms with Gasteiger partial charge in [0.2, 0.25) is 21.8 Å². The van der Waals surface area contributed by atoms with Gasteiger partial charge in [-0.25, -0.2) is 8.42 Å². The number of benzene rings is 2. The standard InChI is InChI=1S/C26H36N6O6S/c1-3-38-24(34)17-31(2)25(35)22(14-23(33)29-15-18-7-6-12-32(16-18)26(27)28)30-39(36,37)21-11-10-19-8-4-5-9-20(19)13-21/h4-5,8-11,13,18,22,30H,3,6-7,12,14-17H2,1-2H3,(H3,27,28)(H,29,33)/t18-,22-/m0/s1. The molecule has 0 saturated carbocycles. The normalized spacial score (nSPS) is 16.4. The van der Waals surface area contributed by atoms with E-state index in [9.17, 15) is 22.8 Å². The van der Waals surface area contributed by atoms with Gasteiger partial charge in [-0.2, -0.15) is 4.72 Å². The highest BCUT2D eigenvalue weighted by atomic mass is 32.2. The Balaban J connectivity index is 1.74. The Labute approximate surface area is 228 Å². The largest absolute Gasteiger partial charge is 0.465 e. The van der Waals surface area contributed by atoms with Gasteiger partial charge in [0.05, 0.1) is 17.9 Å². The van der Waals surface area contributed by atoms with E-state index in [1.54, 1.807) is 30.0 Å². The summed E-state index contributed by atoms with van der Waals surface area (Å²) in [5.41, 5.74) is 5.59. The first kappa shape index (κ1) is 29.8.